The first-order valence-corrected chi connectivity index (χ1v) is 6.18. The van der Waals surface area contributed by atoms with Gasteiger partial charge in [-0.25, -0.2) is 0 Å². The second-order valence-corrected chi connectivity index (χ2v) is 4.46. The molecule has 0 atom stereocenters. The zero-order chi connectivity index (χ0) is 9.52. The van der Waals surface area contributed by atoms with Crippen molar-refractivity contribution in [2.75, 3.05) is 25.5 Å². The largest absolute Gasteiger partial charge is 0.303 e. The van der Waals surface area contributed by atoms with Crippen molar-refractivity contribution in [1.82, 2.24) is 4.90 Å². The third kappa shape index (κ3) is 5.53. The van der Waals surface area contributed by atoms with Crippen LogP contribution in [0.4, 0.5) is 0 Å². The first kappa shape index (κ1) is 11.3. The molecular formula is C11H22ClN. The molecule has 0 heterocycles. The van der Waals surface area contributed by atoms with Crippen molar-refractivity contribution in [3.63, 3.8) is 0 Å². The molecule has 0 radical (unpaired) electrons. The molecule has 2 heteroatoms. The minimum absolute atomic E-state index is 0.828. The van der Waals surface area contributed by atoms with E-state index in [2.05, 4.69) is 11.8 Å². The van der Waals surface area contributed by atoms with Crippen molar-refractivity contribution >= 4 is 11.6 Å². The highest BCUT2D eigenvalue weighted by Gasteiger charge is 2.23. The van der Waals surface area contributed by atoms with E-state index in [-0.39, 0.29) is 0 Å². The van der Waals surface area contributed by atoms with Crippen LogP contribution in [0.25, 0.3) is 0 Å². The topological polar surface area (TPSA) is 3.24 Å². The molecule has 0 N–H and O–H groups in total. The van der Waals surface area contributed by atoms with Gasteiger partial charge in [-0.3, -0.25) is 0 Å². The molecule has 0 unspecified atom stereocenters. The molecule has 13 heavy (non-hydrogen) atoms. The molecule has 1 fully saturated rings. The van der Waals surface area contributed by atoms with E-state index in [0.717, 1.165) is 11.8 Å². The van der Waals surface area contributed by atoms with Crippen LogP contribution in [0.2, 0.25) is 0 Å². The Bertz CT molecular complexity index is 123. The van der Waals surface area contributed by atoms with Crippen molar-refractivity contribution in [1.29, 1.82) is 0 Å². The first-order valence-electron chi connectivity index (χ1n) is 5.65. The fourth-order valence-electron chi connectivity index (χ4n) is 1.65. The maximum atomic E-state index is 5.63. The summed E-state index contributed by atoms with van der Waals surface area (Å²) in [5.41, 5.74) is 0. The fraction of sp³-hybridized carbons (Fsp3) is 1.00. The summed E-state index contributed by atoms with van der Waals surface area (Å²) in [7, 11) is 0. The van der Waals surface area contributed by atoms with Crippen LogP contribution in [0.3, 0.4) is 0 Å². The lowest BCUT2D eigenvalue weighted by Gasteiger charge is -2.19. The Morgan fingerprint density at radius 2 is 2.00 bits per heavy atom. The van der Waals surface area contributed by atoms with E-state index in [0.29, 0.717) is 0 Å². The number of nitrogens with zero attached hydrogens (tertiary/aromatic N) is 1. The maximum Gasteiger partial charge on any atom is 0.0223 e. The van der Waals surface area contributed by atoms with Gasteiger partial charge < -0.3 is 4.90 Å². The number of unbranched alkanes of at least 4 members (excludes halogenated alkanes) is 2. The van der Waals surface area contributed by atoms with Crippen LogP contribution in [-0.2, 0) is 0 Å². The second-order valence-electron chi connectivity index (χ2n) is 4.09. The number of rotatable bonds is 8. The van der Waals surface area contributed by atoms with Crippen LogP contribution < -0.4 is 0 Å². The van der Waals surface area contributed by atoms with Gasteiger partial charge >= 0.3 is 0 Å². The van der Waals surface area contributed by atoms with Crippen molar-refractivity contribution < 1.29 is 0 Å². The van der Waals surface area contributed by atoms with E-state index in [1.807, 2.05) is 0 Å². The maximum absolute atomic E-state index is 5.63. The summed E-state index contributed by atoms with van der Waals surface area (Å²) in [6.45, 7) is 6.11. The third-order valence-electron chi connectivity index (χ3n) is 2.77. The SMILES string of the molecule is CCN(CCCCCCl)CC1CC1. The monoisotopic (exact) mass is 203 g/mol. The van der Waals surface area contributed by atoms with Gasteiger partial charge in [0.25, 0.3) is 0 Å². The summed E-state index contributed by atoms with van der Waals surface area (Å²) in [5.74, 6) is 1.86. The second kappa shape index (κ2) is 6.67. The van der Waals surface area contributed by atoms with Crippen molar-refractivity contribution in [3.05, 3.63) is 0 Å². The molecule has 0 spiro atoms. The minimum Gasteiger partial charge on any atom is -0.303 e. The van der Waals surface area contributed by atoms with Gasteiger partial charge in [-0.2, -0.15) is 0 Å². The van der Waals surface area contributed by atoms with Gasteiger partial charge in [-0.05, 0) is 44.7 Å². The molecule has 1 nitrogen and oxygen atoms in total. The van der Waals surface area contributed by atoms with E-state index in [1.54, 1.807) is 0 Å². The Kier molecular flexibility index (Phi) is 5.81. The summed E-state index contributed by atoms with van der Waals surface area (Å²) in [6, 6.07) is 0. The normalized spacial score (nSPS) is 16.8. The molecule has 0 saturated heterocycles. The van der Waals surface area contributed by atoms with Crippen LogP contribution in [0.1, 0.15) is 39.0 Å². The summed E-state index contributed by atoms with van der Waals surface area (Å²) in [5, 5.41) is 0. The molecule has 0 aromatic rings. The zero-order valence-electron chi connectivity index (χ0n) is 8.77. The van der Waals surface area contributed by atoms with Crippen LogP contribution in [-0.4, -0.2) is 30.4 Å². The summed E-state index contributed by atoms with van der Waals surface area (Å²) >= 11 is 5.63. The molecule has 78 valence electrons. The zero-order valence-corrected chi connectivity index (χ0v) is 9.52. The quantitative estimate of drug-likeness (QED) is 0.433. The van der Waals surface area contributed by atoms with Crippen molar-refractivity contribution in [2.45, 2.75) is 39.0 Å². The van der Waals surface area contributed by atoms with E-state index in [1.165, 1.54) is 51.7 Å². The fourth-order valence-corrected chi connectivity index (χ4v) is 1.84. The Morgan fingerprint density at radius 1 is 1.23 bits per heavy atom. The Morgan fingerprint density at radius 3 is 2.54 bits per heavy atom. The molecule has 0 aromatic carbocycles. The van der Waals surface area contributed by atoms with Crippen LogP contribution in [0.5, 0.6) is 0 Å². The third-order valence-corrected chi connectivity index (χ3v) is 3.04. The molecule has 1 aliphatic rings. The van der Waals surface area contributed by atoms with Gasteiger partial charge in [0.2, 0.25) is 0 Å². The van der Waals surface area contributed by atoms with E-state index in [4.69, 9.17) is 11.6 Å². The molecule has 1 aliphatic carbocycles. The standard InChI is InChI=1S/C11H22ClN/c1-2-13(10-11-6-7-11)9-5-3-4-8-12/h11H,2-10H2,1H3. The van der Waals surface area contributed by atoms with Gasteiger partial charge in [0.05, 0.1) is 0 Å². The molecule has 1 rings (SSSR count). The van der Waals surface area contributed by atoms with Gasteiger partial charge in [0, 0.05) is 12.4 Å². The minimum atomic E-state index is 0.828. The smallest absolute Gasteiger partial charge is 0.0223 e. The van der Waals surface area contributed by atoms with E-state index >= 15 is 0 Å². The number of hydrogen-bond donors (Lipinski definition) is 0. The molecular weight excluding hydrogens is 182 g/mol. The first-order chi connectivity index (χ1) is 6.36. The van der Waals surface area contributed by atoms with Gasteiger partial charge in [0.1, 0.15) is 0 Å². The molecule has 0 bridgehead atoms. The highest BCUT2D eigenvalue weighted by molar-refractivity contribution is 6.17. The van der Waals surface area contributed by atoms with E-state index < -0.39 is 0 Å². The molecule has 0 aliphatic heterocycles. The predicted octanol–water partition coefficient (Wildman–Crippen LogP) is 3.13. The summed E-state index contributed by atoms with van der Waals surface area (Å²) in [6.07, 6.45) is 6.75. The van der Waals surface area contributed by atoms with Crippen LogP contribution >= 0.6 is 11.6 Å². The van der Waals surface area contributed by atoms with Crippen LogP contribution in [0, 0.1) is 5.92 Å². The Balaban J connectivity index is 1.94. The van der Waals surface area contributed by atoms with Crippen molar-refractivity contribution in [3.8, 4) is 0 Å². The number of halogens is 1. The average Bonchev–Trinajstić information content (AvgIpc) is 2.94. The van der Waals surface area contributed by atoms with Gasteiger partial charge in [0.15, 0.2) is 0 Å². The van der Waals surface area contributed by atoms with Crippen molar-refractivity contribution in [2.24, 2.45) is 5.92 Å². The molecule has 1 saturated carbocycles. The average molecular weight is 204 g/mol. The van der Waals surface area contributed by atoms with Gasteiger partial charge in [-0.1, -0.05) is 13.3 Å². The number of hydrogen-bond acceptors (Lipinski definition) is 1. The number of alkyl halides is 1. The highest BCUT2D eigenvalue weighted by atomic mass is 35.5. The van der Waals surface area contributed by atoms with E-state index in [9.17, 15) is 0 Å². The lowest BCUT2D eigenvalue weighted by molar-refractivity contribution is 0.270. The Labute approximate surface area is 87.4 Å². The lowest BCUT2D eigenvalue weighted by Crippen LogP contribution is -2.26. The lowest BCUT2D eigenvalue weighted by atomic mass is 10.2. The predicted molar refractivity (Wildman–Crippen MR) is 59.4 cm³/mol. The molecule has 0 amide bonds. The van der Waals surface area contributed by atoms with Crippen LogP contribution in [0.15, 0.2) is 0 Å². The highest BCUT2D eigenvalue weighted by Crippen LogP contribution is 2.29. The van der Waals surface area contributed by atoms with Gasteiger partial charge in [-0.15, -0.1) is 11.6 Å². The summed E-state index contributed by atoms with van der Waals surface area (Å²) < 4.78 is 0. The summed E-state index contributed by atoms with van der Waals surface area (Å²) in [4.78, 5) is 2.59. The Hall–Kier alpha value is 0.250. The molecule has 0 aromatic heterocycles.